The van der Waals surface area contributed by atoms with E-state index in [0.717, 1.165) is 5.56 Å². The van der Waals surface area contributed by atoms with Crippen molar-refractivity contribution in [1.82, 2.24) is 5.32 Å². The zero-order valence-electron chi connectivity index (χ0n) is 13.0. The largest absolute Gasteiger partial charge is 0.454 e. The van der Waals surface area contributed by atoms with Crippen molar-refractivity contribution in [2.45, 2.75) is 6.54 Å². The van der Waals surface area contributed by atoms with Crippen LogP contribution < -0.4 is 20.1 Å². The summed E-state index contributed by atoms with van der Waals surface area (Å²) in [7, 11) is 0. The first-order valence-corrected chi connectivity index (χ1v) is 8.30. The van der Waals surface area contributed by atoms with E-state index in [0.29, 0.717) is 22.2 Å². The number of alkyl halides is 1. The van der Waals surface area contributed by atoms with Crippen molar-refractivity contribution in [1.29, 1.82) is 0 Å². The quantitative estimate of drug-likeness (QED) is 0.780. The minimum Gasteiger partial charge on any atom is -0.454 e. The van der Waals surface area contributed by atoms with Crippen LogP contribution in [0.2, 0.25) is 5.02 Å². The maximum atomic E-state index is 12.5. The zero-order valence-corrected chi connectivity index (χ0v) is 14.5. The fraction of sp³-hybridized carbons (Fsp3) is 0.176. The third-order valence-corrected chi connectivity index (χ3v) is 3.99. The molecule has 0 fully saturated rings. The Bertz CT molecular complexity index is 826. The standard InChI is InChI=1S/C17H14Cl2N2O4/c18-7-16(22)21-13-3-2-11(19)6-12(13)17(23)20-8-10-1-4-14-15(5-10)25-9-24-14/h1-6H,7-9H2,(H,20,23)(H,21,22). The third kappa shape index (κ3) is 4.15. The van der Waals surface area contributed by atoms with Crippen molar-refractivity contribution in [2.24, 2.45) is 0 Å². The molecule has 1 aliphatic rings. The van der Waals surface area contributed by atoms with Gasteiger partial charge < -0.3 is 20.1 Å². The second-order valence-corrected chi connectivity index (χ2v) is 5.95. The summed E-state index contributed by atoms with van der Waals surface area (Å²) in [5.74, 6) is 0.334. The lowest BCUT2D eigenvalue weighted by atomic mass is 10.1. The van der Waals surface area contributed by atoms with E-state index in [-0.39, 0.29) is 30.7 Å². The van der Waals surface area contributed by atoms with Crippen molar-refractivity contribution in [2.75, 3.05) is 18.0 Å². The van der Waals surface area contributed by atoms with Crippen molar-refractivity contribution in [3.8, 4) is 11.5 Å². The zero-order chi connectivity index (χ0) is 17.8. The predicted molar refractivity (Wildman–Crippen MR) is 94.5 cm³/mol. The fourth-order valence-electron chi connectivity index (χ4n) is 2.33. The maximum Gasteiger partial charge on any atom is 0.253 e. The molecule has 25 heavy (non-hydrogen) atoms. The van der Waals surface area contributed by atoms with E-state index < -0.39 is 5.91 Å². The Hall–Kier alpha value is -2.44. The number of fused-ring (bicyclic) bond motifs is 1. The molecule has 0 saturated heterocycles. The number of benzene rings is 2. The predicted octanol–water partition coefficient (Wildman–Crippen LogP) is 3.18. The van der Waals surface area contributed by atoms with E-state index >= 15 is 0 Å². The van der Waals surface area contributed by atoms with E-state index in [1.54, 1.807) is 24.3 Å². The molecule has 0 bridgehead atoms. The van der Waals surface area contributed by atoms with Crippen molar-refractivity contribution < 1.29 is 19.1 Å². The number of hydrogen-bond acceptors (Lipinski definition) is 4. The molecule has 0 spiro atoms. The Morgan fingerprint density at radius 1 is 1.08 bits per heavy atom. The van der Waals surface area contributed by atoms with E-state index in [4.69, 9.17) is 32.7 Å². The number of amides is 2. The Labute approximate surface area is 154 Å². The molecule has 8 heteroatoms. The number of carbonyl (C=O) groups is 2. The third-order valence-electron chi connectivity index (χ3n) is 3.51. The van der Waals surface area contributed by atoms with Crippen LogP contribution in [0.1, 0.15) is 15.9 Å². The van der Waals surface area contributed by atoms with Gasteiger partial charge in [-0.05, 0) is 35.9 Å². The van der Waals surface area contributed by atoms with Gasteiger partial charge in [-0.3, -0.25) is 9.59 Å². The lowest BCUT2D eigenvalue weighted by molar-refractivity contribution is -0.113. The Morgan fingerprint density at radius 3 is 2.68 bits per heavy atom. The van der Waals surface area contributed by atoms with Gasteiger partial charge in [0.05, 0.1) is 11.3 Å². The van der Waals surface area contributed by atoms with Crippen molar-refractivity contribution in [3.63, 3.8) is 0 Å². The van der Waals surface area contributed by atoms with Gasteiger partial charge in [0.1, 0.15) is 5.88 Å². The molecule has 3 rings (SSSR count). The summed E-state index contributed by atoms with van der Waals surface area (Å²) in [4.78, 5) is 24.0. The second-order valence-electron chi connectivity index (χ2n) is 5.24. The summed E-state index contributed by atoms with van der Waals surface area (Å²) in [6.07, 6.45) is 0. The number of carbonyl (C=O) groups excluding carboxylic acids is 2. The van der Waals surface area contributed by atoms with Crippen LogP contribution in [-0.4, -0.2) is 24.5 Å². The monoisotopic (exact) mass is 380 g/mol. The van der Waals surface area contributed by atoms with Crippen LogP contribution >= 0.6 is 23.2 Å². The molecule has 2 aromatic rings. The second kappa shape index (κ2) is 7.63. The fourth-order valence-corrected chi connectivity index (χ4v) is 2.56. The molecule has 0 atom stereocenters. The highest BCUT2D eigenvalue weighted by Crippen LogP contribution is 2.32. The lowest BCUT2D eigenvalue weighted by Crippen LogP contribution is -2.25. The van der Waals surface area contributed by atoms with Gasteiger partial charge in [-0.15, -0.1) is 11.6 Å². The normalized spacial score (nSPS) is 11.9. The van der Waals surface area contributed by atoms with Crippen molar-refractivity contribution in [3.05, 3.63) is 52.5 Å². The number of rotatable bonds is 5. The summed E-state index contributed by atoms with van der Waals surface area (Å²) < 4.78 is 10.6. The van der Waals surface area contributed by atoms with Gasteiger partial charge in [0.25, 0.3) is 5.91 Å². The molecule has 1 aliphatic heterocycles. The topological polar surface area (TPSA) is 76.7 Å². The summed E-state index contributed by atoms with van der Waals surface area (Å²) in [6.45, 7) is 0.474. The van der Waals surface area contributed by atoms with Crippen LogP contribution in [0, 0.1) is 0 Å². The van der Waals surface area contributed by atoms with Gasteiger partial charge in [-0.1, -0.05) is 17.7 Å². The maximum absolute atomic E-state index is 12.5. The molecule has 0 radical (unpaired) electrons. The summed E-state index contributed by atoms with van der Waals surface area (Å²) in [5, 5.41) is 5.75. The van der Waals surface area contributed by atoms with E-state index in [2.05, 4.69) is 10.6 Å². The van der Waals surface area contributed by atoms with Crippen LogP contribution in [0.25, 0.3) is 0 Å². The molecule has 130 valence electrons. The molecular formula is C17H14Cl2N2O4. The van der Waals surface area contributed by atoms with Crippen LogP contribution in [0.15, 0.2) is 36.4 Å². The Kier molecular flexibility index (Phi) is 5.31. The average molecular weight is 381 g/mol. The minimum absolute atomic E-state index is 0.192. The van der Waals surface area contributed by atoms with E-state index in [1.165, 1.54) is 6.07 Å². The highest BCUT2D eigenvalue weighted by atomic mass is 35.5. The molecule has 0 aromatic heterocycles. The smallest absolute Gasteiger partial charge is 0.253 e. The number of anilines is 1. The van der Waals surface area contributed by atoms with Crippen LogP contribution in [0.4, 0.5) is 5.69 Å². The minimum atomic E-state index is -0.409. The van der Waals surface area contributed by atoms with E-state index in [1.807, 2.05) is 6.07 Å². The molecular weight excluding hydrogens is 367 g/mol. The lowest BCUT2D eigenvalue weighted by Gasteiger charge is -2.12. The molecule has 6 nitrogen and oxygen atoms in total. The summed E-state index contributed by atoms with van der Waals surface area (Å²) in [5.41, 5.74) is 1.45. The van der Waals surface area contributed by atoms with Crippen molar-refractivity contribution >= 4 is 40.7 Å². The average Bonchev–Trinajstić information content (AvgIpc) is 3.08. The highest BCUT2D eigenvalue weighted by molar-refractivity contribution is 6.31. The van der Waals surface area contributed by atoms with Crippen LogP contribution in [-0.2, 0) is 11.3 Å². The van der Waals surface area contributed by atoms with Gasteiger partial charge in [0, 0.05) is 11.6 Å². The van der Waals surface area contributed by atoms with Crippen LogP contribution in [0.3, 0.4) is 0 Å². The molecule has 0 saturated carbocycles. The van der Waals surface area contributed by atoms with Gasteiger partial charge in [-0.2, -0.15) is 0 Å². The highest BCUT2D eigenvalue weighted by Gasteiger charge is 2.16. The summed E-state index contributed by atoms with van der Waals surface area (Å²) >= 11 is 11.5. The Morgan fingerprint density at radius 2 is 1.88 bits per heavy atom. The number of halogens is 2. The molecule has 2 amide bonds. The first-order valence-electron chi connectivity index (χ1n) is 7.39. The molecule has 0 unspecified atom stereocenters. The summed E-state index contributed by atoms with van der Waals surface area (Å²) in [6, 6.07) is 10.1. The van der Waals surface area contributed by atoms with Gasteiger partial charge in [0.2, 0.25) is 12.7 Å². The SMILES string of the molecule is O=C(CCl)Nc1ccc(Cl)cc1C(=O)NCc1ccc2c(c1)OCO2. The molecule has 2 aromatic carbocycles. The van der Waals surface area contributed by atoms with Crippen LogP contribution in [0.5, 0.6) is 11.5 Å². The van der Waals surface area contributed by atoms with Gasteiger partial charge in [-0.25, -0.2) is 0 Å². The number of nitrogens with one attached hydrogen (secondary N) is 2. The first-order chi connectivity index (χ1) is 12.1. The Balaban J connectivity index is 1.72. The molecule has 1 heterocycles. The molecule has 2 N–H and O–H groups in total. The molecule has 0 aliphatic carbocycles. The first kappa shape index (κ1) is 17.4. The number of ether oxygens (including phenoxy) is 2. The van der Waals surface area contributed by atoms with Gasteiger partial charge >= 0.3 is 0 Å². The van der Waals surface area contributed by atoms with Gasteiger partial charge in [0.15, 0.2) is 11.5 Å². The number of hydrogen-bond donors (Lipinski definition) is 2. The van der Waals surface area contributed by atoms with E-state index in [9.17, 15) is 9.59 Å².